The van der Waals surface area contributed by atoms with E-state index in [0.29, 0.717) is 0 Å². The van der Waals surface area contributed by atoms with E-state index in [1.54, 1.807) is 12.1 Å². The van der Waals surface area contributed by atoms with Crippen LogP contribution in [0.5, 0.6) is 0 Å². The van der Waals surface area contributed by atoms with Crippen LogP contribution < -0.4 is 16.4 Å². The van der Waals surface area contributed by atoms with Gasteiger partial charge in [-0.3, -0.25) is 14.4 Å². The van der Waals surface area contributed by atoms with E-state index < -0.39 is 33.6 Å². The van der Waals surface area contributed by atoms with Crippen LogP contribution in [0.15, 0.2) is 24.3 Å². The minimum absolute atomic E-state index is 0.00985. The number of nitrogens with two attached hydrogens (primary N) is 1. The summed E-state index contributed by atoms with van der Waals surface area (Å²) in [6, 6.07) is 5.42. The molecule has 2 rings (SSSR count). The Balaban J connectivity index is 2.01. The van der Waals surface area contributed by atoms with Crippen molar-refractivity contribution < 1.29 is 22.8 Å². The number of primary amides is 1. The smallest absolute Gasteiger partial charge is 0.313 e. The van der Waals surface area contributed by atoms with Crippen molar-refractivity contribution in [2.75, 3.05) is 16.8 Å². The fourth-order valence-corrected chi connectivity index (χ4v) is 3.82. The van der Waals surface area contributed by atoms with E-state index >= 15 is 0 Å². The number of carbonyl (C=O) groups is 3. The molecule has 1 fully saturated rings. The van der Waals surface area contributed by atoms with Crippen LogP contribution in [0, 0.1) is 0 Å². The van der Waals surface area contributed by atoms with Crippen molar-refractivity contribution in [1.82, 2.24) is 5.32 Å². The highest BCUT2D eigenvalue weighted by Crippen LogP contribution is 2.14. The molecule has 1 saturated heterocycles. The van der Waals surface area contributed by atoms with Crippen LogP contribution >= 0.6 is 0 Å². The minimum Gasteiger partial charge on any atom is -0.366 e. The number of amides is 3. The summed E-state index contributed by atoms with van der Waals surface area (Å²) >= 11 is 0. The van der Waals surface area contributed by atoms with Crippen LogP contribution in [-0.4, -0.2) is 43.7 Å². The Labute approximate surface area is 127 Å². The highest BCUT2D eigenvalue weighted by molar-refractivity contribution is 7.91. The summed E-state index contributed by atoms with van der Waals surface area (Å²) in [6.45, 7) is 0. The van der Waals surface area contributed by atoms with Gasteiger partial charge in [-0.05, 0) is 18.6 Å². The third kappa shape index (κ3) is 3.82. The quantitative estimate of drug-likeness (QED) is 0.614. The monoisotopic (exact) mass is 325 g/mol. The molecule has 0 aliphatic carbocycles. The van der Waals surface area contributed by atoms with Gasteiger partial charge in [0.15, 0.2) is 9.84 Å². The van der Waals surface area contributed by atoms with Crippen LogP contribution in [0.2, 0.25) is 0 Å². The van der Waals surface area contributed by atoms with E-state index in [1.165, 1.54) is 12.1 Å². The molecule has 8 nitrogen and oxygen atoms in total. The summed E-state index contributed by atoms with van der Waals surface area (Å²) in [5.41, 5.74) is 5.37. The largest absolute Gasteiger partial charge is 0.366 e. The van der Waals surface area contributed by atoms with Gasteiger partial charge in [0, 0.05) is 6.04 Å². The molecular formula is C13H15N3O5S. The van der Waals surface area contributed by atoms with Crippen LogP contribution in [0.25, 0.3) is 0 Å². The molecule has 1 aliphatic heterocycles. The number of nitrogens with one attached hydrogen (secondary N) is 2. The molecular weight excluding hydrogens is 310 g/mol. The highest BCUT2D eigenvalue weighted by atomic mass is 32.2. The van der Waals surface area contributed by atoms with E-state index in [0.717, 1.165) is 0 Å². The molecule has 9 heteroatoms. The maximum Gasteiger partial charge on any atom is 0.313 e. The number of para-hydroxylation sites is 1. The molecule has 0 spiro atoms. The van der Waals surface area contributed by atoms with Crippen molar-refractivity contribution in [3.05, 3.63) is 29.8 Å². The third-order valence-electron chi connectivity index (χ3n) is 3.21. The molecule has 118 valence electrons. The van der Waals surface area contributed by atoms with Gasteiger partial charge in [0.1, 0.15) is 0 Å². The summed E-state index contributed by atoms with van der Waals surface area (Å²) in [4.78, 5) is 34.8. The summed E-state index contributed by atoms with van der Waals surface area (Å²) in [7, 11) is -3.15. The van der Waals surface area contributed by atoms with Gasteiger partial charge >= 0.3 is 11.8 Å². The zero-order chi connectivity index (χ0) is 16.3. The highest BCUT2D eigenvalue weighted by Gasteiger charge is 2.30. The predicted molar refractivity (Wildman–Crippen MR) is 78.8 cm³/mol. The second kappa shape index (κ2) is 6.14. The van der Waals surface area contributed by atoms with E-state index in [4.69, 9.17) is 5.73 Å². The van der Waals surface area contributed by atoms with Crippen molar-refractivity contribution >= 4 is 33.2 Å². The van der Waals surface area contributed by atoms with Gasteiger partial charge in [0.2, 0.25) is 0 Å². The molecule has 1 unspecified atom stereocenters. The lowest BCUT2D eigenvalue weighted by atomic mass is 10.1. The molecule has 1 aromatic carbocycles. The van der Waals surface area contributed by atoms with Crippen molar-refractivity contribution in [1.29, 1.82) is 0 Å². The minimum atomic E-state index is -3.15. The lowest BCUT2D eigenvalue weighted by Crippen LogP contribution is -2.42. The first-order valence-electron chi connectivity index (χ1n) is 6.49. The topological polar surface area (TPSA) is 135 Å². The number of anilines is 1. The molecule has 0 radical (unpaired) electrons. The van der Waals surface area contributed by atoms with Crippen molar-refractivity contribution in [3.63, 3.8) is 0 Å². The van der Waals surface area contributed by atoms with E-state index in [9.17, 15) is 22.8 Å². The first-order chi connectivity index (χ1) is 10.3. The summed E-state index contributed by atoms with van der Waals surface area (Å²) in [5.74, 6) is -2.87. The lowest BCUT2D eigenvalue weighted by molar-refractivity contribution is -0.136. The Hall–Kier alpha value is -2.42. The van der Waals surface area contributed by atoms with Crippen LogP contribution in [0.4, 0.5) is 5.69 Å². The van der Waals surface area contributed by atoms with E-state index in [1.807, 2.05) is 0 Å². The molecule has 0 aromatic heterocycles. The number of hydrogen-bond donors (Lipinski definition) is 3. The van der Waals surface area contributed by atoms with E-state index in [2.05, 4.69) is 10.6 Å². The second-order valence-electron chi connectivity index (χ2n) is 4.94. The molecule has 1 atom stereocenters. The number of rotatable bonds is 3. The zero-order valence-corrected chi connectivity index (χ0v) is 12.4. The molecule has 22 heavy (non-hydrogen) atoms. The fourth-order valence-electron chi connectivity index (χ4n) is 2.15. The lowest BCUT2D eigenvalue weighted by Gasteiger charge is -2.12. The van der Waals surface area contributed by atoms with Gasteiger partial charge in [0.05, 0.1) is 22.8 Å². The SMILES string of the molecule is NC(=O)c1ccccc1NC(=O)C(=O)NC1CCS(=O)(=O)C1. The Kier molecular flexibility index (Phi) is 4.45. The summed E-state index contributed by atoms with van der Waals surface area (Å²) < 4.78 is 22.6. The normalized spacial score (nSPS) is 19.4. The average Bonchev–Trinajstić information content (AvgIpc) is 2.78. The first kappa shape index (κ1) is 16.0. The van der Waals surface area contributed by atoms with Gasteiger partial charge < -0.3 is 16.4 Å². The maximum atomic E-state index is 11.8. The van der Waals surface area contributed by atoms with Crippen LogP contribution in [0.1, 0.15) is 16.8 Å². The van der Waals surface area contributed by atoms with Gasteiger partial charge in [0.25, 0.3) is 5.91 Å². The molecule has 4 N–H and O–H groups in total. The first-order valence-corrected chi connectivity index (χ1v) is 8.32. The van der Waals surface area contributed by atoms with Gasteiger partial charge in [-0.15, -0.1) is 0 Å². The van der Waals surface area contributed by atoms with Gasteiger partial charge in [-0.25, -0.2) is 8.42 Å². The number of hydrogen-bond acceptors (Lipinski definition) is 5. The predicted octanol–water partition coefficient (Wildman–Crippen LogP) is -0.973. The molecule has 1 aliphatic rings. The number of benzene rings is 1. The molecule has 1 heterocycles. The molecule has 3 amide bonds. The molecule has 0 bridgehead atoms. The van der Waals surface area contributed by atoms with Crippen LogP contribution in [-0.2, 0) is 19.4 Å². The standard InChI is InChI=1S/C13H15N3O5S/c14-11(17)9-3-1-2-4-10(9)16-13(19)12(18)15-8-5-6-22(20,21)7-8/h1-4,8H,5-7H2,(H2,14,17)(H,15,18)(H,16,19). The maximum absolute atomic E-state index is 11.8. The fraction of sp³-hybridized carbons (Fsp3) is 0.308. The van der Waals surface area contributed by atoms with Crippen LogP contribution in [0.3, 0.4) is 0 Å². The Morgan fingerprint density at radius 3 is 2.41 bits per heavy atom. The Morgan fingerprint density at radius 2 is 1.82 bits per heavy atom. The summed E-state index contributed by atoms with van der Waals surface area (Å²) in [6.07, 6.45) is 0.277. The van der Waals surface area contributed by atoms with Gasteiger partial charge in [-0.2, -0.15) is 0 Å². The summed E-state index contributed by atoms with van der Waals surface area (Å²) in [5, 5.41) is 4.64. The average molecular weight is 325 g/mol. The molecule has 0 saturated carbocycles. The van der Waals surface area contributed by atoms with Crippen molar-refractivity contribution in [3.8, 4) is 0 Å². The number of sulfone groups is 1. The van der Waals surface area contributed by atoms with Crippen molar-refractivity contribution in [2.45, 2.75) is 12.5 Å². The number of carbonyl (C=O) groups excluding carboxylic acids is 3. The zero-order valence-electron chi connectivity index (χ0n) is 11.5. The second-order valence-corrected chi connectivity index (χ2v) is 7.17. The van der Waals surface area contributed by atoms with E-state index in [-0.39, 0.29) is 29.2 Å². The van der Waals surface area contributed by atoms with Gasteiger partial charge in [-0.1, -0.05) is 12.1 Å². The Bertz CT molecular complexity index is 729. The third-order valence-corrected chi connectivity index (χ3v) is 4.98. The Morgan fingerprint density at radius 1 is 1.14 bits per heavy atom. The molecule has 1 aromatic rings. The van der Waals surface area contributed by atoms with Crippen molar-refractivity contribution in [2.24, 2.45) is 5.73 Å².